The van der Waals surface area contributed by atoms with Crippen molar-refractivity contribution in [3.05, 3.63) is 23.9 Å². The lowest BCUT2D eigenvalue weighted by atomic mass is 9.93. The van der Waals surface area contributed by atoms with Crippen molar-refractivity contribution in [1.82, 2.24) is 9.88 Å². The second-order valence-electron chi connectivity index (χ2n) is 5.49. The maximum absolute atomic E-state index is 12.4. The Balaban J connectivity index is 1.95. The van der Waals surface area contributed by atoms with Gasteiger partial charge in [-0.3, -0.25) is 4.79 Å². The number of hydrogen-bond acceptors (Lipinski definition) is 3. The van der Waals surface area contributed by atoms with Gasteiger partial charge in [-0.15, -0.1) is 0 Å². The van der Waals surface area contributed by atoms with Gasteiger partial charge in [0.1, 0.15) is 11.9 Å². The molecular weight excluding hydrogens is 242 g/mol. The van der Waals surface area contributed by atoms with Gasteiger partial charge in [0.2, 0.25) is 0 Å². The number of aromatic nitrogens is 1. The van der Waals surface area contributed by atoms with Crippen molar-refractivity contribution in [2.75, 3.05) is 11.4 Å². The Kier molecular flexibility index (Phi) is 2.77. The smallest absolute Gasteiger partial charge is 0.312 e. The Morgan fingerprint density at radius 3 is 2.89 bits per heavy atom. The number of pyridine rings is 1. The van der Waals surface area contributed by atoms with Crippen LogP contribution in [0.15, 0.2) is 18.3 Å². The van der Waals surface area contributed by atoms with Crippen molar-refractivity contribution in [2.24, 2.45) is 5.92 Å². The molecule has 0 saturated carbocycles. The first-order chi connectivity index (χ1) is 9.08. The molecule has 5 heteroatoms. The predicted octanol–water partition coefficient (Wildman–Crippen LogP) is 1.96. The first kappa shape index (κ1) is 12.1. The lowest BCUT2D eigenvalue weighted by molar-refractivity contribution is -0.120. The van der Waals surface area contributed by atoms with Crippen molar-refractivity contribution >= 4 is 17.8 Å². The third kappa shape index (κ3) is 1.89. The van der Waals surface area contributed by atoms with Gasteiger partial charge in [0, 0.05) is 12.7 Å². The van der Waals surface area contributed by atoms with E-state index >= 15 is 0 Å². The van der Waals surface area contributed by atoms with Gasteiger partial charge in [-0.05, 0) is 43.4 Å². The third-order valence-corrected chi connectivity index (χ3v) is 3.94. The van der Waals surface area contributed by atoms with Crippen LogP contribution >= 0.6 is 0 Å². The molecule has 3 amide bonds. The molecule has 0 spiro atoms. The van der Waals surface area contributed by atoms with E-state index in [1.54, 1.807) is 17.2 Å². The molecule has 0 radical (unpaired) electrons. The molecule has 2 unspecified atom stereocenters. The Hall–Kier alpha value is -1.91. The normalized spacial score (nSPS) is 26.8. The molecule has 19 heavy (non-hydrogen) atoms. The SMILES string of the molecule is Cc1ccnc(N2C(=O)C3CC(C)CCN3C2=O)c1. The fourth-order valence-corrected chi connectivity index (χ4v) is 2.83. The molecule has 1 aromatic heterocycles. The Morgan fingerprint density at radius 1 is 1.37 bits per heavy atom. The number of anilines is 1. The van der Waals surface area contributed by atoms with Crippen LogP contribution < -0.4 is 4.90 Å². The molecule has 2 atom stereocenters. The topological polar surface area (TPSA) is 53.5 Å². The summed E-state index contributed by atoms with van der Waals surface area (Å²) in [5, 5.41) is 0. The summed E-state index contributed by atoms with van der Waals surface area (Å²) in [6.45, 7) is 4.72. The molecule has 0 aromatic carbocycles. The summed E-state index contributed by atoms with van der Waals surface area (Å²) in [5.41, 5.74) is 0.990. The largest absolute Gasteiger partial charge is 0.333 e. The Morgan fingerprint density at radius 2 is 2.16 bits per heavy atom. The quantitative estimate of drug-likeness (QED) is 0.724. The fraction of sp³-hybridized carbons (Fsp3) is 0.500. The minimum Gasteiger partial charge on any atom is -0.312 e. The third-order valence-electron chi connectivity index (χ3n) is 3.94. The average molecular weight is 259 g/mol. The number of carbonyl (C=O) groups excluding carboxylic acids is 2. The molecule has 100 valence electrons. The van der Waals surface area contributed by atoms with Crippen LogP contribution in [0, 0.1) is 12.8 Å². The maximum Gasteiger partial charge on any atom is 0.333 e. The number of urea groups is 1. The zero-order valence-electron chi connectivity index (χ0n) is 11.2. The Labute approximate surface area is 112 Å². The van der Waals surface area contributed by atoms with Crippen LogP contribution in [0.1, 0.15) is 25.3 Å². The molecule has 0 aliphatic carbocycles. The predicted molar refractivity (Wildman–Crippen MR) is 70.7 cm³/mol. The summed E-state index contributed by atoms with van der Waals surface area (Å²) in [4.78, 5) is 31.9. The molecule has 1 aromatic rings. The highest BCUT2D eigenvalue weighted by Crippen LogP contribution is 2.32. The van der Waals surface area contributed by atoms with Crippen molar-refractivity contribution < 1.29 is 9.59 Å². The molecule has 0 bridgehead atoms. The van der Waals surface area contributed by atoms with E-state index in [0.717, 1.165) is 18.4 Å². The van der Waals surface area contributed by atoms with Crippen LogP contribution in [0.2, 0.25) is 0 Å². The second kappa shape index (κ2) is 4.33. The monoisotopic (exact) mass is 259 g/mol. The molecule has 2 fully saturated rings. The van der Waals surface area contributed by atoms with Crippen LogP contribution in [0.5, 0.6) is 0 Å². The number of rotatable bonds is 1. The highest BCUT2D eigenvalue weighted by molar-refractivity contribution is 6.20. The number of carbonyl (C=O) groups is 2. The number of amides is 3. The van der Waals surface area contributed by atoms with Gasteiger partial charge < -0.3 is 4.90 Å². The number of piperidine rings is 1. The van der Waals surface area contributed by atoms with E-state index < -0.39 is 0 Å². The van der Waals surface area contributed by atoms with Gasteiger partial charge in [-0.2, -0.15) is 0 Å². The van der Waals surface area contributed by atoms with Gasteiger partial charge in [0.15, 0.2) is 0 Å². The minimum atomic E-state index is -0.293. The van der Waals surface area contributed by atoms with E-state index in [1.807, 2.05) is 13.0 Å². The summed E-state index contributed by atoms with van der Waals surface area (Å²) >= 11 is 0. The number of imide groups is 1. The molecule has 3 heterocycles. The van der Waals surface area contributed by atoms with Crippen LogP contribution in [-0.4, -0.2) is 34.4 Å². The summed E-state index contributed by atoms with van der Waals surface area (Å²) < 4.78 is 0. The van der Waals surface area contributed by atoms with E-state index in [-0.39, 0.29) is 18.0 Å². The van der Waals surface area contributed by atoms with Gasteiger partial charge in [0.05, 0.1) is 0 Å². The lowest BCUT2D eigenvalue weighted by Gasteiger charge is -2.30. The summed E-state index contributed by atoms with van der Waals surface area (Å²) in [6, 6.07) is 3.11. The van der Waals surface area contributed by atoms with E-state index in [0.29, 0.717) is 18.3 Å². The Bertz CT molecular complexity index is 543. The molecular formula is C14H17N3O2. The highest BCUT2D eigenvalue weighted by Gasteiger charge is 2.48. The van der Waals surface area contributed by atoms with E-state index in [1.165, 1.54) is 4.90 Å². The van der Waals surface area contributed by atoms with Crippen molar-refractivity contribution in [2.45, 2.75) is 32.7 Å². The summed E-state index contributed by atoms with van der Waals surface area (Å²) in [7, 11) is 0. The van der Waals surface area contributed by atoms with Crippen LogP contribution in [0.4, 0.5) is 10.6 Å². The summed E-state index contributed by atoms with van der Waals surface area (Å²) in [6.07, 6.45) is 3.35. The number of nitrogens with zero attached hydrogens (tertiary/aromatic N) is 3. The molecule has 5 nitrogen and oxygen atoms in total. The first-order valence-electron chi connectivity index (χ1n) is 6.65. The van der Waals surface area contributed by atoms with Gasteiger partial charge >= 0.3 is 6.03 Å². The van der Waals surface area contributed by atoms with Gasteiger partial charge in [0.25, 0.3) is 5.91 Å². The van der Waals surface area contributed by atoms with E-state index in [2.05, 4.69) is 11.9 Å². The molecule has 2 aliphatic heterocycles. The van der Waals surface area contributed by atoms with E-state index in [9.17, 15) is 9.59 Å². The zero-order valence-corrected chi connectivity index (χ0v) is 11.2. The minimum absolute atomic E-state index is 0.130. The second-order valence-corrected chi connectivity index (χ2v) is 5.49. The van der Waals surface area contributed by atoms with Crippen LogP contribution in [0.3, 0.4) is 0 Å². The standard InChI is InChI=1S/C14H17N3O2/c1-9-3-5-15-12(8-9)17-13(18)11-7-10(2)4-6-16(11)14(17)19/h3,5,8,10-11H,4,6-7H2,1-2H3. The molecule has 0 N–H and O–H groups in total. The van der Waals surface area contributed by atoms with Gasteiger partial charge in [-0.1, -0.05) is 6.92 Å². The first-order valence-corrected chi connectivity index (χ1v) is 6.65. The van der Waals surface area contributed by atoms with Crippen molar-refractivity contribution in [1.29, 1.82) is 0 Å². The number of aryl methyl sites for hydroxylation is 1. The molecule has 2 aliphatic rings. The number of hydrogen-bond donors (Lipinski definition) is 0. The van der Waals surface area contributed by atoms with Crippen LogP contribution in [-0.2, 0) is 4.79 Å². The fourth-order valence-electron chi connectivity index (χ4n) is 2.83. The maximum atomic E-state index is 12.4. The van der Waals surface area contributed by atoms with Gasteiger partial charge in [-0.25, -0.2) is 14.7 Å². The average Bonchev–Trinajstić information content (AvgIpc) is 2.61. The summed E-state index contributed by atoms with van der Waals surface area (Å²) in [5.74, 6) is 0.801. The van der Waals surface area contributed by atoms with Crippen molar-refractivity contribution in [3.8, 4) is 0 Å². The highest BCUT2D eigenvalue weighted by atomic mass is 16.2. The molecule has 3 rings (SSSR count). The van der Waals surface area contributed by atoms with Crippen LogP contribution in [0.25, 0.3) is 0 Å². The number of fused-ring (bicyclic) bond motifs is 1. The zero-order chi connectivity index (χ0) is 13.6. The van der Waals surface area contributed by atoms with Crippen molar-refractivity contribution in [3.63, 3.8) is 0 Å². The lowest BCUT2D eigenvalue weighted by Crippen LogP contribution is -2.41. The molecule has 2 saturated heterocycles. The van der Waals surface area contributed by atoms with E-state index in [4.69, 9.17) is 0 Å².